The second kappa shape index (κ2) is 7.48. The molecule has 0 aliphatic carbocycles. The van der Waals surface area contributed by atoms with Crippen molar-refractivity contribution in [2.24, 2.45) is 0 Å². The molecule has 6 nitrogen and oxygen atoms in total. The number of hydrogen-bond donors (Lipinski definition) is 1. The Morgan fingerprint density at radius 2 is 1.67 bits per heavy atom. The van der Waals surface area contributed by atoms with Crippen LogP contribution in [0.2, 0.25) is 0 Å². The highest BCUT2D eigenvalue weighted by Gasteiger charge is 2.32. The molecular formula is C21H23N3O3. The van der Waals surface area contributed by atoms with Crippen LogP contribution in [0.25, 0.3) is 10.8 Å². The van der Waals surface area contributed by atoms with Gasteiger partial charge in [0.1, 0.15) is 0 Å². The van der Waals surface area contributed by atoms with E-state index in [-0.39, 0.29) is 24.3 Å². The van der Waals surface area contributed by atoms with Crippen molar-refractivity contribution in [3.05, 3.63) is 47.5 Å². The van der Waals surface area contributed by atoms with Crippen molar-refractivity contribution in [3.8, 4) is 0 Å². The molecule has 3 amide bonds. The summed E-state index contributed by atoms with van der Waals surface area (Å²) in [5.41, 5.74) is 1.13. The van der Waals surface area contributed by atoms with Crippen molar-refractivity contribution >= 4 is 28.5 Å². The summed E-state index contributed by atoms with van der Waals surface area (Å²) in [7, 11) is 0. The molecule has 140 valence electrons. The number of hydrogen-bond acceptors (Lipinski definition) is 4. The van der Waals surface area contributed by atoms with Crippen molar-refractivity contribution in [2.75, 3.05) is 32.7 Å². The Kier molecular flexibility index (Phi) is 4.90. The van der Waals surface area contributed by atoms with Crippen molar-refractivity contribution < 1.29 is 14.4 Å². The van der Waals surface area contributed by atoms with Crippen LogP contribution in [0.3, 0.4) is 0 Å². The molecule has 27 heavy (non-hydrogen) atoms. The number of nitrogens with zero attached hydrogens (tertiary/aromatic N) is 2. The molecular weight excluding hydrogens is 342 g/mol. The van der Waals surface area contributed by atoms with E-state index in [1.807, 2.05) is 29.2 Å². The quantitative estimate of drug-likeness (QED) is 0.842. The Morgan fingerprint density at radius 3 is 2.37 bits per heavy atom. The minimum Gasteiger partial charge on any atom is -0.341 e. The van der Waals surface area contributed by atoms with Crippen LogP contribution in [0, 0.1) is 0 Å². The standard InChI is InChI=1S/C21H23N3O3/c25-18(23-12-4-10-22-11-14-23)9-3-13-24-20(26)16-7-1-5-15-6-2-8-17(19(15)16)21(24)27/h1-2,5-8,22H,3-4,9-14H2. The fraction of sp³-hybridized carbons (Fsp3) is 0.381. The van der Waals surface area contributed by atoms with Gasteiger partial charge in [0.05, 0.1) is 0 Å². The summed E-state index contributed by atoms with van der Waals surface area (Å²) in [6, 6.07) is 11.0. The van der Waals surface area contributed by atoms with Gasteiger partial charge in [-0.15, -0.1) is 0 Å². The number of rotatable bonds is 4. The Bertz CT molecular complexity index is 850. The molecule has 2 heterocycles. The number of carbonyl (C=O) groups is 3. The molecule has 1 saturated heterocycles. The lowest BCUT2D eigenvalue weighted by molar-refractivity contribution is -0.131. The van der Waals surface area contributed by atoms with Gasteiger partial charge < -0.3 is 10.2 Å². The monoisotopic (exact) mass is 365 g/mol. The van der Waals surface area contributed by atoms with Crippen molar-refractivity contribution in [1.82, 2.24) is 15.1 Å². The third-order valence-electron chi connectivity index (χ3n) is 5.32. The van der Waals surface area contributed by atoms with E-state index in [0.29, 0.717) is 24.0 Å². The molecule has 0 atom stereocenters. The van der Waals surface area contributed by atoms with Crippen LogP contribution in [0.15, 0.2) is 36.4 Å². The first-order valence-corrected chi connectivity index (χ1v) is 9.53. The van der Waals surface area contributed by atoms with E-state index in [2.05, 4.69) is 5.32 Å². The van der Waals surface area contributed by atoms with E-state index >= 15 is 0 Å². The van der Waals surface area contributed by atoms with Gasteiger partial charge in [-0.25, -0.2) is 0 Å². The van der Waals surface area contributed by atoms with E-state index in [9.17, 15) is 14.4 Å². The van der Waals surface area contributed by atoms with Gasteiger partial charge in [0.25, 0.3) is 11.8 Å². The van der Waals surface area contributed by atoms with Crippen LogP contribution >= 0.6 is 0 Å². The Labute approximate surface area is 158 Å². The normalized spacial score (nSPS) is 17.3. The first-order valence-electron chi connectivity index (χ1n) is 9.53. The van der Waals surface area contributed by atoms with Crippen molar-refractivity contribution in [2.45, 2.75) is 19.3 Å². The van der Waals surface area contributed by atoms with Crippen molar-refractivity contribution in [1.29, 1.82) is 0 Å². The zero-order chi connectivity index (χ0) is 18.8. The second-order valence-electron chi connectivity index (χ2n) is 7.06. The summed E-state index contributed by atoms with van der Waals surface area (Å²) < 4.78 is 0. The maximum Gasteiger partial charge on any atom is 0.261 e. The van der Waals surface area contributed by atoms with E-state index in [4.69, 9.17) is 0 Å². The molecule has 2 aromatic rings. The molecule has 0 spiro atoms. The predicted octanol–water partition coefficient (Wildman–Crippen LogP) is 2.04. The van der Waals surface area contributed by atoms with Gasteiger partial charge in [0.15, 0.2) is 0 Å². The van der Waals surface area contributed by atoms with Crippen LogP contribution in [0.4, 0.5) is 0 Å². The maximum absolute atomic E-state index is 12.8. The zero-order valence-corrected chi connectivity index (χ0v) is 15.2. The SMILES string of the molecule is O=C(CCCN1C(=O)c2cccc3cccc(c23)C1=O)N1CCCNCC1. The third-order valence-corrected chi connectivity index (χ3v) is 5.32. The molecule has 1 N–H and O–H groups in total. The molecule has 0 aromatic heterocycles. The van der Waals surface area contributed by atoms with Crippen LogP contribution in [-0.2, 0) is 4.79 Å². The number of nitrogens with one attached hydrogen (secondary N) is 1. The molecule has 2 aromatic carbocycles. The third kappa shape index (κ3) is 3.32. The highest BCUT2D eigenvalue weighted by atomic mass is 16.2. The fourth-order valence-corrected chi connectivity index (χ4v) is 3.93. The van der Waals surface area contributed by atoms with Gasteiger partial charge in [-0.1, -0.05) is 24.3 Å². The first kappa shape index (κ1) is 17.7. The largest absolute Gasteiger partial charge is 0.341 e. The Hall–Kier alpha value is -2.73. The first-order chi connectivity index (χ1) is 13.2. The molecule has 1 fully saturated rings. The maximum atomic E-state index is 12.8. The Morgan fingerprint density at radius 1 is 0.963 bits per heavy atom. The molecule has 4 rings (SSSR count). The predicted molar refractivity (Wildman–Crippen MR) is 103 cm³/mol. The van der Waals surface area contributed by atoms with E-state index in [1.54, 1.807) is 12.1 Å². The van der Waals surface area contributed by atoms with Gasteiger partial charge in [-0.3, -0.25) is 19.3 Å². The van der Waals surface area contributed by atoms with Gasteiger partial charge >= 0.3 is 0 Å². The lowest BCUT2D eigenvalue weighted by atomic mass is 9.94. The van der Waals surface area contributed by atoms with Gasteiger partial charge in [0, 0.05) is 49.1 Å². The summed E-state index contributed by atoms with van der Waals surface area (Å²) in [5.74, 6) is -0.440. The Balaban J connectivity index is 1.45. The lowest BCUT2D eigenvalue weighted by Gasteiger charge is -2.27. The molecule has 2 aliphatic heterocycles. The second-order valence-corrected chi connectivity index (χ2v) is 7.06. The summed E-state index contributed by atoms with van der Waals surface area (Å²) in [5, 5.41) is 4.91. The minimum absolute atomic E-state index is 0.0955. The fourth-order valence-electron chi connectivity index (χ4n) is 3.93. The summed E-state index contributed by atoms with van der Waals surface area (Å²) in [4.78, 5) is 41.3. The molecule has 0 saturated carbocycles. The van der Waals surface area contributed by atoms with Crippen LogP contribution in [-0.4, -0.2) is 60.2 Å². The summed E-state index contributed by atoms with van der Waals surface area (Å²) in [6.07, 6.45) is 1.79. The molecule has 6 heteroatoms. The summed E-state index contributed by atoms with van der Waals surface area (Å²) in [6.45, 7) is 3.50. The topological polar surface area (TPSA) is 69.7 Å². The van der Waals surface area contributed by atoms with E-state index in [1.165, 1.54) is 4.90 Å². The molecule has 2 aliphatic rings. The summed E-state index contributed by atoms with van der Waals surface area (Å²) >= 11 is 0. The number of amides is 3. The van der Waals surface area contributed by atoms with Gasteiger partial charge in [-0.2, -0.15) is 0 Å². The lowest BCUT2D eigenvalue weighted by Crippen LogP contribution is -2.41. The van der Waals surface area contributed by atoms with Gasteiger partial charge in [-0.05, 0) is 36.9 Å². The van der Waals surface area contributed by atoms with E-state index < -0.39 is 0 Å². The number of carbonyl (C=O) groups excluding carboxylic acids is 3. The highest BCUT2D eigenvalue weighted by molar-refractivity contribution is 6.25. The number of imide groups is 1. The number of benzene rings is 2. The molecule has 0 unspecified atom stereocenters. The molecule has 0 radical (unpaired) electrons. The average molecular weight is 365 g/mol. The van der Waals surface area contributed by atoms with Crippen LogP contribution in [0.1, 0.15) is 40.0 Å². The minimum atomic E-state index is -0.268. The van der Waals surface area contributed by atoms with Crippen LogP contribution in [0.5, 0.6) is 0 Å². The molecule has 0 bridgehead atoms. The van der Waals surface area contributed by atoms with E-state index in [0.717, 1.165) is 43.4 Å². The van der Waals surface area contributed by atoms with Crippen molar-refractivity contribution in [3.63, 3.8) is 0 Å². The zero-order valence-electron chi connectivity index (χ0n) is 15.2. The highest BCUT2D eigenvalue weighted by Crippen LogP contribution is 2.30. The smallest absolute Gasteiger partial charge is 0.261 e. The average Bonchev–Trinajstić information content (AvgIpc) is 2.98. The van der Waals surface area contributed by atoms with Gasteiger partial charge in [0.2, 0.25) is 5.91 Å². The van der Waals surface area contributed by atoms with Crippen LogP contribution < -0.4 is 5.32 Å².